The van der Waals surface area contributed by atoms with E-state index in [1.165, 1.54) is 18.2 Å². The Kier molecular flexibility index (Phi) is 4.61. The van der Waals surface area contributed by atoms with E-state index >= 15 is 0 Å². The molecule has 1 amide bonds. The van der Waals surface area contributed by atoms with E-state index in [9.17, 15) is 19.5 Å². The summed E-state index contributed by atoms with van der Waals surface area (Å²) < 4.78 is 6.32. The van der Waals surface area contributed by atoms with Crippen LogP contribution in [0.2, 0.25) is 0 Å². The molecule has 7 nitrogen and oxygen atoms in total. The fraction of sp³-hybridized carbons (Fsp3) is 0.250. The third kappa shape index (κ3) is 3.36. The summed E-state index contributed by atoms with van der Waals surface area (Å²) in [6.07, 6.45) is 0. The number of carbonyl (C=O) groups is 2. The summed E-state index contributed by atoms with van der Waals surface area (Å²) in [4.78, 5) is 36.3. The number of hydrogen-bond acceptors (Lipinski definition) is 4. The molecule has 140 valence electrons. The van der Waals surface area contributed by atoms with Crippen LogP contribution in [0.3, 0.4) is 0 Å². The second-order valence-electron chi connectivity index (χ2n) is 6.66. The monoisotopic (exact) mass is 368 g/mol. The number of nitrogens with one attached hydrogen (secondary N) is 1. The average molecular weight is 368 g/mol. The van der Waals surface area contributed by atoms with E-state index in [-0.39, 0.29) is 16.7 Å². The van der Waals surface area contributed by atoms with Crippen LogP contribution >= 0.6 is 0 Å². The number of aromatic carboxylic acids is 1. The Morgan fingerprint density at radius 2 is 1.74 bits per heavy atom. The van der Waals surface area contributed by atoms with Crippen LogP contribution in [0.5, 0.6) is 0 Å². The smallest absolute Gasteiger partial charge is 0.420 e. The standard InChI is InChI=1S/C20H20N2O5/c1-10-7-11(2)17(12(3)8-10)21-18(23)13(4)22-15-9-14(19(24)25)5-6-16(15)27-20(22)26/h5-9,13H,1-4H3,(H,21,23)(H,24,25). The van der Waals surface area contributed by atoms with Crippen LogP contribution in [0.1, 0.15) is 40.0 Å². The molecule has 3 rings (SSSR count). The second kappa shape index (κ2) is 6.75. The molecule has 0 radical (unpaired) electrons. The molecule has 2 aromatic carbocycles. The van der Waals surface area contributed by atoms with Crippen molar-refractivity contribution >= 4 is 28.7 Å². The Morgan fingerprint density at radius 1 is 1.11 bits per heavy atom. The van der Waals surface area contributed by atoms with Crippen molar-refractivity contribution in [1.82, 2.24) is 4.57 Å². The van der Waals surface area contributed by atoms with Gasteiger partial charge in [-0.25, -0.2) is 9.59 Å². The minimum atomic E-state index is -1.12. The highest BCUT2D eigenvalue weighted by Gasteiger charge is 2.23. The molecule has 7 heteroatoms. The molecule has 2 N–H and O–H groups in total. The van der Waals surface area contributed by atoms with Gasteiger partial charge >= 0.3 is 11.7 Å². The SMILES string of the molecule is Cc1cc(C)c(NC(=O)C(C)n2c(=O)oc3ccc(C(=O)O)cc32)c(C)c1. The van der Waals surface area contributed by atoms with Crippen molar-refractivity contribution in [3.8, 4) is 0 Å². The topological polar surface area (TPSA) is 102 Å². The minimum Gasteiger partial charge on any atom is -0.478 e. The van der Waals surface area contributed by atoms with E-state index in [0.717, 1.165) is 21.3 Å². The third-order valence-electron chi connectivity index (χ3n) is 4.55. The van der Waals surface area contributed by atoms with Crippen LogP contribution in [-0.2, 0) is 4.79 Å². The number of nitrogens with zero attached hydrogens (tertiary/aromatic N) is 1. The number of oxazole rings is 1. The fourth-order valence-electron chi connectivity index (χ4n) is 3.26. The summed E-state index contributed by atoms with van der Waals surface area (Å²) in [6, 6.07) is 7.13. The largest absolute Gasteiger partial charge is 0.478 e. The molecular weight excluding hydrogens is 348 g/mol. The summed E-state index contributed by atoms with van der Waals surface area (Å²) in [5.74, 6) is -2.23. The summed E-state index contributed by atoms with van der Waals surface area (Å²) >= 11 is 0. The number of amides is 1. The van der Waals surface area contributed by atoms with Gasteiger partial charge in [-0.15, -0.1) is 0 Å². The number of carboxylic acid groups (broad SMARTS) is 1. The van der Waals surface area contributed by atoms with Gasteiger partial charge in [0.15, 0.2) is 5.58 Å². The highest BCUT2D eigenvalue weighted by atomic mass is 16.4. The minimum absolute atomic E-state index is 0.00915. The maximum absolute atomic E-state index is 12.8. The van der Waals surface area contributed by atoms with Crippen molar-refractivity contribution in [2.45, 2.75) is 33.7 Å². The molecule has 0 fully saturated rings. The van der Waals surface area contributed by atoms with Crippen LogP contribution in [-0.4, -0.2) is 21.6 Å². The molecule has 1 unspecified atom stereocenters. The van der Waals surface area contributed by atoms with Gasteiger partial charge in [0, 0.05) is 5.69 Å². The molecule has 1 aromatic heterocycles. The van der Waals surface area contributed by atoms with E-state index in [0.29, 0.717) is 5.69 Å². The first-order valence-electron chi connectivity index (χ1n) is 8.46. The van der Waals surface area contributed by atoms with Crippen LogP contribution < -0.4 is 11.1 Å². The predicted octanol–water partition coefficient (Wildman–Crippen LogP) is 3.42. The van der Waals surface area contributed by atoms with E-state index in [1.807, 2.05) is 32.9 Å². The number of aromatic nitrogens is 1. The lowest BCUT2D eigenvalue weighted by Crippen LogP contribution is -2.29. The van der Waals surface area contributed by atoms with Gasteiger partial charge in [0.2, 0.25) is 5.91 Å². The number of anilines is 1. The number of hydrogen-bond donors (Lipinski definition) is 2. The number of benzene rings is 2. The number of carboxylic acids is 1. The molecule has 0 spiro atoms. The van der Waals surface area contributed by atoms with Crippen molar-refractivity contribution < 1.29 is 19.1 Å². The Morgan fingerprint density at radius 3 is 2.33 bits per heavy atom. The Balaban J connectivity index is 2.00. The molecule has 0 bridgehead atoms. The zero-order valence-corrected chi connectivity index (χ0v) is 15.5. The molecule has 0 aliphatic heterocycles. The molecule has 0 aliphatic carbocycles. The zero-order chi connectivity index (χ0) is 19.9. The summed E-state index contributed by atoms with van der Waals surface area (Å²) in [6.45, 7) is 7.35. The molecule has 3 aromatic rings. The van der Waals surface area contributed by atoms with Crippen molar-refractivity contribution in [2.75, 3.05) is 5.32 Å². The van der Waals surface area contributed by atoms with Crippen LogP contribution in [0.4, 0.5) is 5.69 Å². The summed E-state index contributed by atoms with van der Waals surface area (Å²) in [5.41, 5.74) is 4.14. The van der Waals surface area contributed by atoms with Gasteiger partial charge in [0.25, 0.3) is 0 Å². The molecule has 1 heterocycles. The molecule has 1 atom stereocenters. The van der Waals surface area contributed by atoms with Crippen LogP contribution in [0.15, 0.2) is 39.5 Å². The number of fused-ring (bicyclic) bond motifs is 1. The number of aryl methyl sites for hydroxylation is 3. The van der Waals surface area contributed by atoms with E-state index in [2.05, 4.69) is 5.32 Å². The lowest BCUT2D eigenvalue weighted by Gasteiger charge is -2.17. The Bertz CT molecular complexity index is 1100. The normalized spacial score (nSPS) is 12.1. The molecule has 0 aliphatic rings. The first-order chi connectivity index (χ1) is 12.7. The molecule has 0 saturated carbocycles. The van der Waals surface area contributed by atoms with E-state index in [1.54, 1.807) is 6.92 Å². The predicted molar refractivity (Wildman–Crippen MR) is 101 cm³/mol. The molecule has 0 saturated heterocycles. The van der Waals surface area contributed by atoms with Gasteiger partial charge < -0.3 is 14.8 Å². The van der Waals surface area contributed by atoms with Gasteiger partial charge in [0.1, 0.15) is 6.04 Å². The van der Waals surface area contributed by atoms with Crippen molar-refractivity contribution in [1.29, 1.82) is 0 Å². The summed E-state index contributed by atoms with van der Waals surface area (Å²) in [5, 5.41) is 12.0. The highest BCUT2D eigenvalue weighted by Crippen LogP contribution is 2.24. The lowest BCUT2D eigenvalue weighted by atomic mass is 10.0. The maximum atomic E-state index is 12.8. The van der Waals surface area contributed by atoms with Crippen molar-refractivity contribution in [3.05, 3.63) is 63.1 Å². The van der Waals surface area contributed by atoms with E-state index in [4.69, 9.17) is 4.42 Å². The van der Waals surface area contributed by atoms with Gasteiger partial charge in [-0.1, -0.05) is 17.7 Å². The van der Waals surface area contributed by atoms with E-state index < -0.39 is 23.7 Å². The van der Waals surface area contributed by atoms with Gasteiger partial charge in [-0.3, -0.25) is 9.36 Å². The second-order valence-corrected chi connectivity index (χ2v) is 6.66. The van der Waals surface area contributed by atoms with Crippen LogP contribution in [0, 0.1) is 20.8 Å². The molecule has 27 heavy (non-hydrogen) atoms. The summed E-state index contributed by atoms with van der Waals surface area (Å²) in [7, 11) is 0. The zero-order valence-electron chi connectivity index (χ0n) is 15.5. The Hall–Kier alpha value is -3.35. The highest BCUT2D eigenvalue weighted by molar-refractivity contribution is 5.96. The maximum Gasteiger partial charge on any atom is 0.420 e. The fourth-order valence-corrected chi connectivity index (χ4v) is 3.26. The quantitative estimate of drug-likeness (QED) is 0.735. The van der Waals surface area contributed by atoms with Crippen molar-refractivity contribution in [2.24, 2.45) is 0 Å². The first-order valence-corrected chi connectivity index (χ1v) is 8.46. The first kappa shape index (κ1) is 18.4. The van der Waals surface area contributed by atoms with Crippen molar-refractivity contribution in [3.63, 3.8) is 0 Å². The van der Waals surface area contributed by atoms with Gasteiger partial charge in [-0.05, 0) is 57.0 Å². The number of carbonyl (C=O) groups excluding carboxylic acids is 1. The Labute approximate surface area is 155 Å². The average Bonchev–Trinajstić information content (AvgIpc) is 2.91. The lowest BCUT2D eigenvalue weighted by molar-refractivity contribution is -0.118. The number of rotatable bonds is 4. The van der Waals surface area contributed by atoms with Crippen LogP contribution in [0.25, 0.3) is 11.1 Å². The molecular formula is C20H20N2O5. The van der Waals surface area contributed by atoms with Gasteiger partial charge in [0.05, 0.1) is 11.1 Å². The van der Waals surface area contributed by atoms with Gasteiger partial charge in [-0.2, -0.15) is 0 Å². The third-order valence-corrected chi connectivity index (χ3v) is 4.55.